The van der Waals surface area contributed by atoms with E-state index in [4.69, 9.17) is 4.74 Å². The Balaban J connectivity index is 2.57. The molecule has 0 spiro atoms. The Morgan fingerprint density at radius 1 is 1.10 bits per heavy atom. The Morgan fingerprint density at radius 3 is 2.28 bits per heavy atom. The van der Waals surface area contributed by atoms with Crippen molar-refractivity contribution in [3.8, 4) is 0 Å². The molecule has 0 saturated carbocycles. The third kappa shape index (κ3) is 4.88. The number of hydrogen-bond acceptors (Lipinski definition) is 8. The van der Waals surface area contributed by atoms with Gasteiger partial charge in [0.25, 0.3) is 15.7 Å². The second kappa shape index (κ2) is 9.15. The van der Waals surface area contributed by atoms with Gasteiger partial charge >= 0.3 is 11.9 Å². The maximum atomic E-state index is 13.2. The second-order valence-electron chi connectivity index (χ2n) is 5.58. The maximum absolute atomic E-state index is 13.2. The van der Waals surface area contributed by atoms with Crippen molar-refractivity contribution in [2.45, 2.75) is 11.8 Å². The lowest BCUT2D eigenvalue weighted by Gasteiger charge is -2.23. The van der Waals surface area contributed by atoms with Gasteiger partial charge in [0.1, 0.15) is 6.54 Å². The number of esters is 2. The molecule has 2 rings (SSSR count). The molecular formula is C18H18N2O8S. The summed E-state index contributed by atoms with van der Waals surface area (Å²) in [6.45, 7) is 0.878. The van der Waals surface area contributed by atoms with Crippen molar-refractivity contribution in [1.29, 1.82) is 0 Å². The van der Waals surface area contributed by atoms with Gasteiger partial charge in [-0.1, -0.05) is 12.1 Å². The van der Waals surface area contributed by atoms with Gasteiger partial charge in [0.2, 0.25) is 0 Å². The normalized spacial score (nSPS) is 10.8. The number of carbonyl (C=O) groups is 2. The molecule has 0 amide bonds. The number of benzene rings is 2. The lowest BCUT2D eigenvalue weighted by atomic mass is 10.2. The van der Waals surface area contributed by atoms with E-state index in [0.717, 1.165) is 12.1 Å². The van der Waals surface area contributed by atoms with E-state index in [0.29, 0.717) is 4.31 Å². The van der Waals surface area contributed by atoms with Gasteiger partial charge in [0, 0.05) is 6.07 Å². The van der Waals surface area contributed by atoms with Gasteiger partial charge in [-0.15, -0.1) is 0 Å². The zero-order valence-electron chi connectivity index (χ0n) is 15.6. The number of para-hydroxylation sites is 1. The molecule has 0 aliphatic rings. The first kappa shape index (κ1) is 21.8. The van der Waals surface area contributed by atoms with Crippen molar-refractivity contribution in [3.63, 3.8) is 0 Å². The van der Waals surface area contributed by atoms with Gasteiger partial charge in [-0.3, -0.25) is 19.2 Å². The number of rotatable bonds is 8. The summed E-state index contributed by atoms with van der Waals surface area (Å²) in [5, 5.41) is 11.3. The Hall–Kier alpha value is -3.47. The Bertz CT molecular complexity index is 1020. The van der Waals surface area contributed by atoms with Crippen molar-refractivity contribution in [2.75, 3.05) is 24.6 Å². The van der Waals surface area contributed by atoms with Gasteiger partial charge < -0.3 is 9.47 Å². The molecule has 0 N–H and O–H groups in total. The largest absolute Gasteiger partial charge is 0.465 e. The molecule has 0 unspecified atom stereocenters. The van der Waals surface area contributed by atoms with E-state index in [1.165, 1.54) is 43.5 Å². The fourth-order valence-electron chi connectivity index (χ4n) is 2.47. The number of nitrogens with zero attached hydrogens (tertiary/aromatic N) is 2. The second-order valence-corrected chi connectivity index (χ2v) is 7.41. The third-order valence-corrected chi connectivity index (χ3v) is 5.61. The van der Waals surface area contributed by atoms with Crippen LogP contribution < -0.4 is 4.31 Å². The molecule has 0 saturated heterocycles. The smallest absolute Gasteiger partial charge is 0.337 e. The van der Waals surface area contributed by atoms with Crippen LogP contribution in [0.5, 0.6) is 0 Å². The molecule has 0 radical (unpaired) electrons. The number of anilines is 1. The molecule has 0 aromatic heterocycles. The van der Waals surface area contributed by atoms with Gasteiger partial charge in [-0.25, -0.2) is 13.2 Å². The average molecular weight is 422 g/mol. The minimum absolute atomic E-state index is 0.0175. The summed E-state index contributed by atoms with van der Waals surface area (Å²) in [6.07, 6.45) is 0. The number of hydrogen-bond donors (Lipinski definition) is 0. The fraction of sp³-hybridized carbons (Fsp3) is 0.222. The van der Waals surface area contributed by atoms with Gasteiger partial charge in [-0.05, 0) is 37.3 Å². The van der Waals surface area contributed by atoms with E-state index < -0.39 is 44.0 Å². The van der Waals surface area contributed by atoms with Crippen LogP contribution in [0.4, 0.5) is 11.4 Å². The number of carbonyl (C=O) groups excluding carboxylic acids is 2. The summed E-state index contributed by atoms with van der Waals surface area (Å²) in [5.74, 6) is -1.47. The number of methoxy groups -OCH3 is 1. The first-order valence-electron chi connectivity index (χ1n) is 8.32. The van der Waals surface area contributed by atoms with Crippen molar-refractivity contribution in [2.24, 2.45) is 0 Å². The standard InChI is InChI=1S/C18H18N2O8S/c1-3-28-17(21)12-19(14-10-8-13(9-11-14)18(22)27-2)29(25,26)16-7-5-4-6-15(16)20(23)24/h4-11H,3,12H2,1-2H3. The van der Waals surface area contributed by atoms with Crippen LogP contribution in [0.25, 0.3) is 0 Å². The van der Waals surface area contributed by atoms with E-state index in [2.05, 4.69) is 4.74 Å². The van der Waals surface area contributed by atoms with Crippen LogP contribution in [0.15, 0.2) is 53.4 Å². The summed E-state index contributed by atoms with van der Waals surface area (Å²) < 4.78 is 36.5. The lowest BCUT2D eigenvalue weighted by Crippen LogP contribution is -2.37. The minimum Gasteiger partial charge on any atom is -0.465 e. The van der Waals surface area contributed by atoms with Crippen LogP contribution in [0, 0.1) is 10.1 Å². The molecule has 29 heavy (non-hydrogen) atoms. The lowest BCUT2D eigenvalue weighted by molar-refractivity contribution is -0.387. The molecule has 0 aliphatic heterocycles. The van der Waals surface area contributed by atoms with Crippen molar-refractivity contribution in [3.05, 3.63) is 64.2 Å². The SMILES string of the molecule is CCOC(=O)CN(c1ccc(C(=O)OC)cc1)S(=O)(=O)c1ccccc1[N+](=O)[O-]. The maximum Gasteiger partial charge on any atom is 0.337 e. The monoisotopic (exact) mass is 422 g/mol. The first-order valence-corrected chi connectivity index (χ1v) is 9.76. The van der Waals surface area contributed by atoms with Gasteiger partial charge in [-0.2, -0.15) is 0 Å². The van der Waals surface area contributed by atoms with E-state index in [9.17, 15) is 28.1 Å². The molecule has 0 heterocycles. The first-order chi connectivity index (χ1) is 13.7. The van der Waals surface area contributed by atoms with Crippen molar-refractivity contribution < 1.29 is 32.4 Å². The number of ether oxygens (including phenoxy) is 2. The molecule has 154 valence electrons. The Labute approximate surface area is 166 Å². The summed E-state index contributed by atoms with van der Waals surface area (Å²) in [5.41, 5.74) is -0.452. The molecule has 10 nitrogen and oxygen atoms in total. The highest BCUT2D eigenvalue weighted by molar-refractivity contribution is 7.93. The van der Waals surface area contributed by atoms with E-state index in [1.807, 2.05) is 0 Å². The summed E-state index contributed by atoms with van der Waals surface area (Å²) in [4.78, 5) is 33.5. The van der Waals surface area contributed by atoms with Crippen LogP contribution in [0.2, 0.25) is 0 Å². The zero-order valence-corrected chi connectivity index (χ0v) is 16.4. The predicted octanol–water partition coefficient (Wildman–Crippen LogP) is 2.14. The molecule has 2 aromatic rings. The van der Waals surface area contributed by atoms with Gasteiger partial charge in [0.15, 0.2) is 4.90 Å². The Kier molecular flexibility index (Phi) is 6.89. The van der Waals surface area contributed by atoms with E-state index in [-0.39, 0.29) is 17.9 Å². The van der Waals surface area contributed by atoms with Crippen molar-refractivity contribution in [1.82, 2.24) is 0 Å². The highest BCUT2D eigenvalue weighted by Crippen LogP contribution is 2.30. The topological polar surface area (TPSA) is 133 Å². The summed E-state index contributed by atoms with van der Waals surface area (Å²) in [7, 11) is -3.31. The number of nitro groups is 1. The minimum atomic E-state index is -4.51. The summed E-state index contributed by atoms with van der Waals surface area (Å²) in [6, 6.07) is 10.0. The van der Waals surface area contributed by atoms with Crippen LogP contribution in [0.1, 0.15) is 17.3 Å². The van der Waals surface area contributed by atoms with E-state index >= 15 is 0 Å². The molecule has 2 aromatic carbocycles. The molecule has 0 aliphatic carbocycles. The summed E-state index contributed by atoms with van der Waals surface area (Å²) >= 11 is 0. The molecule has 11 heteroatoms. The molecular weight excluding hydrogens is 404 g/mol. The number of sulfonamides is 1. The molecule has 0 atom stereocenters. The fourth-order valence-corrected chi connectivity index (χ4v) is 4.03. The molecule has 0 fully saturated rings. The zero-order chi connectivity index (χ0) is 21.6. The van der Waals surface area contributed by atoms with Crippen LogP contribution in [-0.4, -0.2) is 45.5 Å². The van der Waals surface area contributed by atoms with E-state index in [1.54, 1.807) is 6.92 Å². The quantitative estimate of drug-likeness (QED) is 0.359. The van der Waals surface area contributed by atoms with Crippen LogP contribution in [0.3, 0.4) is 0 Å². The molecule has 0 bridgehead atoms. The highest BCUT2D eigenvalue weighted by Gasteiger charge is 2.33. The predicted molar refractivity (Wildman–Crippen MR) is 102 cm³/mol. The average Bonchev–Trinajstić information content (AvgIpc) is 2.71. The number of nitro benzene ring substituents is 1. The highest BCUT2D eigenvalue weighted by atomic mass is 32.2. The Morgan fingerprint density at radius 2 is 1.72 bits per heavy atom. The van der Waals surface area contributed by atoms with Crippen LogP contribution >= 0.6 is 0 Å². The van der Waals surface area contributed by atoms with Crippen molar-refractivity contribution >= 4 is 33.3 Å². The third-order valence-electron chi connectivity index (χ3n) is 3.78. The van der Waals surface area contributed by atoms with Crippen LogP contribution in [-0.2, 0) is 24.3 Å². The van der Waals surface area contributed by atoms with Gasteiger partial charge in [0.05, 0.1) is 29.9 Å².